The van der Waals surface area contributed by atoms with E-state index in [2.05, 4.69) is 42.3 Å². The molecule has 0 bridgehead atoms. The van der Waals surface area contributed by atoms with Crippen LogP contribution in [0.25, 0.3) is 10.8 Å². The first-order chi connectivity index (χ1) is 9.34. The number of fused-ring (bicyclic) bond motifs is 1. The van der Waals surface area contributed by atoms with Gasteiger partial charge in [0.05, 0.1) is 12.2 Å². The van der Waals surface area contributed by atoms with Gasteiger partial charge in [-0.1, -0.05) is 28.1 Å². The van der Waals surface area contributed by atoms with Gasteiger partial charge in [-0.3, -0.25) is 0 Å². The molecule has 0 unspecified atom stereocenters. The first-order valence-electron chi connectivity index (χ1n) is 5.86. The van der Waals surface area contributed by atoms with Gasteiger partial charge in [0.15, 0.2) is 0 Å². The predicted octanol–water partition coefficient (Wildman–Crippen LogP) is 3.40. The molecule has 5 heteroatoms. The Balaban J connectivity index is 1.91. The van der Waals surface area contributed by atoms with Gasteiger partial charge in [0.25, 0.3) is 0 Å². The molecule has 0 aliphatic rings. The Morgan fingerprint density at radius 2 is 1.95 bits per heavy atom. The van der Waals surface area contributed by atoms with Crippen LogP contribution in [0.4, 0.5) is 5.82 Å². The molecule has 0 atom stereocenters. The summed E-state index contributed by atoms with van der Waals surface area (Å²) in [5.74, 6) is 0.859. The number of hydrogen-bond donors (Lipinski definition) is 1. The van der Waals surface area contributed by atoms with Gasteiger partial charge in [0, 0.05) is 27.6 Å². The second-order valence-electron chi connectivity index (χ2n) is 4.05. The third-order valence-corrected chi connectivity index (χ3v) is 3.52. The zero-order valence-electron chi connectivity index (χ0n) is 10.0. The number of rotatable bonds is 3. The molecule has 19 heavy (non-hydrogen) atoms. The molecule has 4 nitrogen and oxygen atoms in total. The van der Waals surface area contributed by atoms with Crippen LogP contribution in [0.2, 0.25) is 0 Å². The maximum absolute atomic E-state index is 4.39. The van der Waals surface area contributed by atoms with Gasteiger partial charge in [0.1, 0.15) is 12.1 Å². The van der Waals surface area contributed by atoms with Crippen LogP contribution < -0.4 is 5.32 Å². The summed E-state index contributed by atoms with van der Waals surface area (Å²) in [6.45, 7) is 0.626. The molecule has 0 aliphatic carbocycles. The highest BCUT2D eigenvalue weighted by molar-refractivity contribution is 9.10. The molecule has 0 radical (unpaired) electrons. The van der Waals surface area contributed by atoms with Crippen LogP contribution in [-0.4, -0.2) is 15.0 Å². The SMILES string of the molecule is Brc1cccc2c(NCc3ccncn3)nccc12. The molecule has 0 aliphatic heterocycles. The van der Waals surface area contributed by atoms with Crippen molar-refractivity contribution in [2.45, 2.75) is 6.54 Å². The van der Waals surface area contributed by atoms with Gasteiger partial charge in [-0.25, -0.2) is 15.0 Å². The van der Waals surface area contributed by atoms with E-state index in [1.54, 1.807) is 18.7 Å². The molecular weight excluding hydrogens is 304 g/mol. The smallest absolute Gasteiger partial charge is 0.134 e. The molecule has 0 fully saturated rings. The van der Waals surface area contributed by atoms with Crippen LogP contribution in [0.15, 0.2) is 53.5 Å². The van der Waals surface area contributed by atoms with E-state index in [1.165, 1.54) is 0 Å². The molecule has 1 N–H and O–H groups in total. The third-order valence-electron chi connectivity index (χ3n) is 2.83. The lowest BCUT2D eigenvalue weighted by atomic mass is 10.1. The normalized spacial score (nSPS) is 10.6. The average Bonchev–Trinajstić information content (AvgIpc) is 2.47. The molecule has 2 aromatic heterocycles. The summed E-state index contributed by atoms with van der Waals surface area (Å²) in [4.78, 5) is 12.5. The summed E-state index contributed by atoms with van der Waals surface area (Å²) < 4.78 is 1.07. The summed E-state index contributed by atoms with van der Waals surface area (Å²) >= 11 is 3.55. The van der Waals surface area contributed by atoms with Crippen molar-refractivity contribution in [1.82, 2.24) is 15.0 Å². The van der Waals surface area contributed by atoms with Gasteiger partial charge in [0.2, 0.25) is 0 Å². The number of anilines is 1. The highest BCUT2D eigenvalue weighted by Crippen LogP contribution is 2.27. The first-order valence-corrected chi connectivity index (χ1v) is 6.66. The Kier molecular flexibility index (Phi) is 3.37. The highest BCUT2D eigenvalue weighted by atomic mass is 79.9. The van der Waals surface area contributed by atoms with Gasteiger partial charge in [-0.05, 0) is 18.2 Å². The van der Waals surface area contributed by atoms with E-state index in [9.17, 15) is 0 Å². The molecule has 0 amide bonds. The molecule has 0 saturated heterocycles. The van der Waals surface area contributed by atoms with Crippen molar-refractivity contribution in [1.29, 1.82) is 0 Å². The second-order valence-corrected chi connectivity index (χ2v) is 4.90. The third kappa shape index (κ3) is 2.56. The molecule has 3 rings (SSSR count). The van der Waals surface area contributed by atoms with Crippen molar-refractivity contribution in [3.63, 3.8) is 0 Å². The van der Waals surface area contributed by atoms with Crippen molar-refractivity contribution in [3.8, 4) is 0 Å². The number of halogens is 1. The maximum atomic E-state index is 4.39. The summed E-state index contributed by atoms with van der Waals surface area (Å²) in [6, 6.07) is 9.96. The van der Waals surface area contributed by atoms with Crippen molar-refractivity contribution in [2.24, 2.45) is 0 Å². The number of nitrogens with zero attached hydrogens (tertiary/aromatic N) is 3. The van der Waals surface area contributed by atoms with Crippen molar-refractivity contribution in [3.05, 3.63) is 59.2 Å². The lowest BCUT2D eigenvalue weighted by Gasteiger charge is -2.09. The fourth-order valence-corrected chi connectivity index (χ4v) is 2.40. The number of benzene rings is 1. The van der Waals surface area contributed by atoms with Crippen LogP contribution in [0, 0.1) is 0 Å². The van der Waals surface area contributed by atoms with Gasteiger partial charge in [-0.15, -0.1) is 0 Å². The Bertz CT molecular complexity index is 700. The number of pyridine rings is 1. The van der Waals surface area contributed by atoms with E-state index < -0.39 is 0 Å². The van der Waals surface area contributed by atoms with Gasteiger partial charge >= 0.3 is 0 Å². The fourth-order valence-electron chi connectivity index (χ4n) is 1.91. The van der Waals surface area contributed by atoms with Crippen LogP contribution >= 0.6 is 15.9 Å². The van der Waals surface area contributed by atoms with Gasteiger partial charge < -0.3 is 5.32 Å². The van der Waals surface area contributed by atoms with E-state index >= 15 is 0 Å². The van der Waals surface area contributed by atoms with Crippen LogP contribution in [0.5, 0.6) is 0 Å². The van der Waals surface area contributed by atoms with E-state index in [0.717, 1.165) is 26.8 Å². The Labute approximate surface area is 119 Å². The quantitative estimate of drug-likeness (QED) is 0.805. The molecule has 0 saturated carbocycles. The van der Waals surface area contributed by atoms with Crippen molar-refractivity contribution in [2.75, 3.05) is 5.32 Å². The van der Waals surface area contributed by atoms with Crippen LogP contribution in [0.1, 0.15) is 5.69 Å². The molecule has 0 spiro atoms. The van der Waals surface area contributed by atoms with Crippen LogP contribution in [-0.2, 0) is 6.54 Å². The molecule has 3 aromatic rings. The predicted molar refractivity (Wildman–Crippen MR) is 78.8 cm³/mol. The van der Waals surface area contributed by atoms with Gasteiger partial charge in [-0.2, -0.15) is 0 Å². The van der Waals surface area contributed by atoms with E-state index in [0.29, 0.717) is 6.54 Å². The van der Waals surface area contributed by atoms with Crippen LogP contribution in [0.3, 0.4) is 0 Å². The average molecular weight is 315 g/mol. The largest absolute Gasteiger partial charge is 0.364 e. The Morgan fingerprint density at radius 1 is 1.00 bits per heavy atom. The van der Waals surface area contributed by atoms with Crippen molar-refractivity contribution < 1.29 is 0 Å². The zero-order chi connectivity index (χ0) is 13.1. The minimum Gasteiger partial charge on any atom is -0.364 e. The Morgan fingerprint density at radius 3 is 2.79 bits per heavy atom. The topological polar surface area (TPSA) is 50.7 Å². The lowest BCUT2D eigenvalue weighted by Crippen LogP contribution is -2.03. The lowest BCUT2D eigenvalue weighted by molar-refractivity contribution is 0.999. The highest BCUT2D eigenvalue weighted by Gasteiger charge is 2.04. The van der Waals surface area contributed by atoms with E-state index in [4.69, 9.17) is 0 Å². The first kappa shape index (κ1) is 12.0. The maximum Gasteiger partial charge on any atom is 0.134 e. The standard InChI is InChI=1S/C14H11BrN4/c15-13-3-1-2-12-11(13)5-7-17-14(12)18-8-10-4-6-16-9-19-10/h1-7,9H,8H2,(H,17,18). The summed E-state index contributed by atoms with van der Waals surface area (Å²) in [5, 5.41) is 5.54. The Hall–Kier alpha value is -2.01. The fraction of sp³-hybridized carbons (Fsp3) is 0.0714. The molecule has 94 valence electrons. The minimum absolute atomic E-state index is 0.626. The van der Waals surface area contributed by atoms with E-state index in [-0.39, 0.29) is 0 Å². The number of aromatic nitrogens is 3. The number of hydrogen-bond acceptors (Lipinski definition) is 4. The van der Waals surface area contributed by atoms with E-state index in [1.807, 2.05) is 24.3 Å². The zero-order valence-corrected chi connectivity index (χ0v) is 11.6. The summed E-state index contributed by atoms with van der Waals surface area (Å²) in [6.07, 6.45) is 5.08. The molecule has 2 heterocycles. The monoisotopic (exact) mass is 314 g/mol. The van der Waals surface area contributed by atoms with Crippen molar-refractivity contribution >= 4 is 32.5 Å². The second kappa shape index (κ2) is 5.32. The molecule has 1 aromatic carbocycles. The summed E-state index contributed by atoms with van der Waals surface area (Å²) in [7, 11) is 0. The minimum atomic E-state index is 0.626. The number of nitrogens with one attached hydrogen (secondary N) is 1. The molecular formula is C14H11BrN4. The summed E-state index contributed by atoms with van der Waals surface area (Å²) in [5.41, 5.74) is 0.934.